The van der Waals surface area contributed by atoms with Crippen molar-refractivity contribution >= 4 is 16.9 Å². The molecule has 1 heterocycles. The molecule has 0 saturated carbocycles. The molecule has 1 aliphatic heterocycles. The van der Waals surface area contributed by atoms with Gasteiger partial charge in [0, 0.05) is 6.04 Å². The van der Waals surface area contributed by atoms with Gasteiger partial charge < -0.3 is 5.32 Å². The second-order valence-corrected chi connectivity index (χ2v) is 4.66. The molecule has 14 heavy (non-hydrogen) atoms. The summed E-state index contributed by atoms with van der Waals surface area (Å²) in [6.45, 7) is 5.45. The molecule has 1 N–H and O–H groups in total. The Bertz CT molecular complexity index is 192. The lowest BCUT2D eigenvalue weighted by atomic mass is 9.97. The van der Waals surface area contributed by atoms with Gasteiger partial charge in [-0.1, -0.05) is 33.1 Å². The van der Waals surface area contributed by atoms with Gasteiger partial charge in [0.15, 0.2) is 5.29 Å². The second kappa shape index (κ2) is 6.28. The fourth-order valence-electron chi connectivity index (χ4n) is 1.80. The number of nitrogens with zero attached hydrogens (tertiary/aromatic N) is 1. The van der Waals surface area contributed by atoms with E-state index < -0.39 is 0 Å². The van der Waals surface area contributed by atoms with Crippen LogP contribution >= 0.6 is 11.6 Å². The van der Waals surface area contributed by atoms with Crippen LogP contribution in [-0.2, 0) is 0 Å². The summed E-state index contributed by atoms with van der Waals surface area (Å²) in [6, 6.07) is 0.492. The summed E-state index contributed by atoms with van der Waals surface area (Å²) in [5.74, 6) is 0.844. The van der Waals surface area contributed by atoms with Gasteiger partial charge in [-0.2, -0.15) is 0 Å². The number of aliphatic imine (C=N–C) groups is 1. The Balaban J connectivity index is 2.03. The van der Waals surface area contributed by atoms with Crippen LogP contribution < -0.4 is 5.32 Å². The molecule has 1 rings (SSSR count). The molecule has 0 amide bonds. The normalized spacial score (nSPS) is 23.1. The van der Waals surface area contributed by atoms with E-state index in [4.69, 9.17) is 11.6 Å². The second-order valence-electron chi connectivity index (χ2n) is 4.30. The summed E-state index contributed by atoms with van der Waals surface area (Å²) in [5.41, 5.74) is 0. The summed E-state index contributed by atoms with van der Waals surface area (Å²) in [4.78, 5) is 4.13. The largest absolute Gasteiger partial charge is 0.356 e. The van der Waals surface area contributed by atoms with Crippen LogP contribution in [0.1, 0.15) is 46.0 Å². The highest BCUT2D eigenvalue weighted by molar-refractivity contribution is 6.64. The van der Waals surface area contributed by atoms with Crippen LogP contribution in [0.4, 0.5) is 0 Å². The highest BCUT2D eigenvalue weighted by Crippen LogP contribution is 2.16. The summed E-state index contributed by atoms with van der Waals surface area (Å²) in [5, 5.41) is 3.77. The van der Waals surface area contributed by atoms with Crippen LogP contribution in [-0.4, -0.2) is 17.9 Å². The van der Waals surface area contributed by atoms with Crippen molar-refractivity contribution in [1.82, 2.24) is 5.32 Å². The van der Waals surface area contributed by atoms with Gasteiger partial charge in [0.25, 0.3) is 0 Å². The minimum atomic E-state index is 0.492. The van der Waals surface area contributed by atoms with E-state index in [2.05, 4.69) is 24.2 Å². The lowest BCUT2D eigenvalue weighted by Gasteiger charge is -2.14. The standard InChI is InChI=1S/C11H21ClN2/c1-3-4-5-9(2)6-7-10-8-13-11(12)14-10/h9-10H,3-8H2,1-2H3,(H,13,14). The minimum absolute atomic E-state index is 0.492. The van der Waals surface area contributed by atoms with E-state index in [1.165, 1.54) is 32.1 Å². The third kappa shape index (κ3) is 4.32. The molecule has 0 bridgehead atoms. The van der Waals surface area contributed by atoms with Crippen molar-refractivity contribution in [1.29, 1.82) is 0 Å². The fraction of sp³-hybridized carbons (Fsp3) is 0.909. The molecule has 0 aliphatic carbocycles. The third-order valence-electron chi connectivity index (χ3n) is 2.83. The molecule has 0 aromatic rings. The molecule has 0 saturated heterocycles. The quantitative estimate of drug-likeness (QED) is 0.678. The van der Waals surface area contributed by atoms with Gasteiger partial charge in [0.2, 0.25) is 0 Å². The molecular formula is C11H21ClN2. The van der Waals surface area contributed by atoms with Crippen LogP contribution in [0.15, 0.2) is 4.99 Å². The fourth-order valence-corrected chi connectivity index (χ4v) is 2.02. The van der Waals surface area contributed by atoms with Crippen LogP contribution in [0, 0.1) is 5.92 Å². The smallest absolute Gasteiger partial charge is 0.191 e. The predicted molar refractivity (Wildman–Crippen MR) is 63.0 cm³/mol. The summed E-state index contributed by atoms with van der Waals surface area (Å²) < 4.78 is 0. The zero-order valence-corrected chi connectivity index (χ0v) is 9.98. The molecule has 0 spiro atoms. The molecule has 0 aromatic carbocycles. The van der Waals surface area contributed by atoms with Crippen LogP contribution in [0.25, 0.3) is 0 Å². The lowest BCUT2D eigenvalue weighted by molar-refractivity contribution is 0.428. The van der Waals surface area contributed by atoms with E-state index in [9.17, 15) is 0 Å². The first-order valence-corrected chi connectivity index (χ1v) is 6.06. The Morgan fingerprint density at radius 1 is 1.57 bits per heavy atom. The Labute approximate surface area is 92.1 Å². The highest BCUT2D eigenvalue weighted by Gasteiger charge is 2.16. The van der Waals surface area contributed by atoms with Gasteiger partial charge in [0.05, 0.1) is 6.54 Å². The number of unbranched alkanes of at least 4 members (excludes halogenated alkanes) is 1. The van der Waals surface area contributed by atoms with E-state index in [1.807, 2.05) is 0 Å². The molecule has 1 aliphatic rings. The highest BCUT2D eigenvalue weighted by atomic mass is 35.5. The zero-order chi connectivity index (χ0) is 10.4. The van der Waals surface area contributed by atoms with Gasteiger partial charge in [-0.25, -0.2) is 0 Å². The number of hydrogen-bond donors (Lipinski definition) is 1. The maximum Gasteiger partial charge on any atom is 0.191 e. The number of nitrogens with one attached hydrogen (secondary N) is 1. The molecule has 2 unspecified atom stereocenters. The summed E-state index contributed by atoms with van der Waals surface area (Å²) in [7, 11) is 0. The van der Waals surface area contributed by atoms with Crippen LogP contribution in [0.3, 0.4) is 0 Å². The topological polar surface area (TPSA) is 24.4 Å². The van der Waals surface area contributed by atoms with E-state index >= 15 is 0 Å². The van der Waals surface area contributed by atoms with Crippen molar-refractivity contribution in [3.8, 4) is 0 Å². The molecule has 82 valence electrons. The average Bonchev–Trinajstić information content (AvgIpc) is 2.58. The van der Waals surface area contributed by atoms with Crippen molar-refractivity contribution in [2.45, 2.75) is 52.0 Å². The maximum absolute atomic E-state index is 5.74. The SMILES string of the molecule is CCCCC(C)CCC1CN=C(Cl)N1. The van der Waals surface area contributed by atoms with Crippen molar-refractivity contribution in [3.63, 3.8) is 0 Å². The Hall–Kier alpha value is -0.240. The first-order chi connectivity index (χ1) is 6.72. The molecule has 0 fully saturated rings. The summed E-state index contributed by atoms with van der Waals surface area (Å²) in [6.07, 6.45) is 6.51. The summed E-state index contributed by atoms with van der Waals surface area (Å²) >= 11 is 5.74. The number of hydrogen-bond acceptors (Lipinski definition) is 2. The maximum atomic E-state index is 5.74. The van der Waals surface area contributed by atoms with Gasteiger partial charge in [-0.3, -0.25) is 4.99 Å². The Morgan fingerprint density at radius 3 is 2.93 bits per heavy atom. The van der Waals surface area contributed by atoms with E-state index in [0.717, 1.165) is 12.5 Å². The Morgan fingerprint density at radius 2 is 2.36 bits per heavy atom. The monoisotopic (exact) mass is 216 g/mol. The zero-order valence-electron chi connectivity index (χ0n) is 9.22. The first-order valence-electron chi connectivity index (χ1n) is 5.68. The predicted octanol–water partition coefficient (Wildman–Crippen LogP) is 3.16. The molecule has 0 radical (unpaired) electrons. The van der Waals surface area contributed by atoms with Crippen molar-refractivity contribution in [3.05, 3.63) is 0 Å². The number of amidine groups is 1. The minimum Gasteiger partial charge on any atom is -0.356 e. The Kier molecular flexibility index (Phi) is 5.31. The van der Waals surface area contributed by atoms with E-state index in [-0.39, 0.29) is 0 Å². The molecule has 3 heteroatoms. The van der Waals surface area contributed by atoms with Crippen molar-refractivity contribution < 1.29 is 0 Å². The number of rotatable bonds is 6. The van der Waals surface area contributed by atoms with E-state index in [0.29, 0.717) is 11.3 Å². The van der Waals surface area contributed by atoms with Crippen LogP contribution in [0.2, 0.25) is 0 Å². The van der Waals surface area contributed by atoms with Gasteiger partial charge in [-0.15, -0.1) is 0 Å². The third-order valence-corrected chi connectivity index (χ3v) is 3.06. The van der Waals surface area contributed by atoms with Crippen molar-refractivity contribution in [2.75, 3.05) is 6.54 Å². The molecular weight excluding hydrogens is 196 g/mol. The van der Waals surface area contributed by atoms with Crippen molar-refractivity contribution in [2.24, 2.45) is 10.9 Å². The van der Waals surface area contributed by atoms with Gasteiger partial charge >= 0.3 is 0 Å². The lowest BCUT2D eigenvalue weighted by Crippen LogP contribution is -2.27. The molecule has 2 atom stereocenters. The first kappa shape index (κ1) is 11.8. The van der Waals surface area contributed by atoms with Gasteiger partial charge in [-0.05, 0) is 30.4 Å². The van der Waals surface area contributed by atoms with Gasteiger partial charge in [0.1, 0.15) is 0 Å². The molecule has 2 nitrogen and oxygen atoms in total. The number of halogens is 1. The van der Waals surface area contributed by atoms with E-state index in [1.54, 1.807) is 0 Å². The average molecular weight is 217 g/mol. The van der Waals surface area contributed by atoms with Crippen LogP contribution in [0.5, 0.6) is 0 Å². The molecule has 0 aromatic heterocycles.